The Morgan fingerprint density at radius 2 is 1.48 bits per heavy atom. The molecular formula is C25H21N5O. The van der Waals surface area contributed by atoms with Gasteiger partial charge in [0.25, 0.3) is 5.91 Å². The van der Waals surface area contributed by atoms with Crippen LogP contribution in [0, 0.1) is 6.92 Å². The molecule has 0 saturated heterocycles. The summed E-state index contributed by atoms with van der Waals surface area (Å²) in [6.07, 6.45) is 6.99. The van der Waals surface area contributed by atoms with Crippen LogP contribution < -0.4 is 15.5 Å². The van der Waals surface area contributed by atoms with Gasteiger partial charge in [0.1, 0.15) is 0 Å². The highest BCUT2D eigenvalue weighted by Crippen LogP contribution is 2.34. The molecule has 1 aliphatic rings. The molecule has 6 heteroatoms. The number of hydrogen-bond acceptors (Lipinski definition) is 5. The molecule has 2 aromatic carbocycles. The van der Waals surface area contributed by atoms with Gasteiger partial charge in [-0.05, 0) is 72.6 Å². The molecule has 5 rings (SSSR count). The smallest absolute Gasteiger partial charge is 0.258 e. The largest absolute Gasteiger partial charge is 0.355 e. The van der Waals surface area contributed by atoms with Crippen molar-refractivity contribution < 1.29 is 4.79 Å². The highest BCUT2D eigenvalue weighted by Gasteiger charge is 2.29. The Morgan fingerprint density at radius 3 is 2.19 bits per heavy atom. The van der Waals surface area contributed by atoms with Crippen LogP contribution in [-0.4, -0.2) is 15.9 Å². The fraction of sp³-hybridized carbons (Fsp3) is 0.0800. The minimum absolute atomic E-state index is 0.0228. The fourth-order valence-electron chi connectivity index (χ4n) is 3.76. The van der Waals surface area contributed by atoms with Crippen LogP contribution in [-0.2, 0) is 6.54 Å². The number of benzene rings is 2. The van der Waals surface area contributed by atoms with E-state index in [4.69, 9.17) is 0 Å². The first-order valence-corrected chi connectivity index (χ1v) is 10.1. The van der Waals surface area contributed by atoms with E-state index in [9.17, 15) is 4.79 Å². The van der Waals surface area contributed by atoms with E-state index in [-0.39, 0.29) is 5.91 Å². The number of carbonyl (C=O) groups excluding carboxylic acids is 1. The molecule has 0 unspecified atom stereocenters. The van der Waals surface area contributed by atoms with Crippen molar-refractivity contribution >= 4 is 34.3 Å². The fourth-order valence-corrected chi connectivity index (χ4v) is 3.76. The zero-order chi connectivity index (χ0) is 21.2. The van der Waals surface area contributed by atoms with Crippen LogP contribution in [0.5, 0.6) is 0 Å². The Labute approximate surface area is 180 Å². The lowest BCUT2D eigenvalue weighted by Crippen LogP contribution is -2.22. The molecule has 0 bridgehead atoms. The average molecular weight is 407 g/mol. The average Bonchev–Trinajstić information content (AvgIpc) is 3.11. The molecule has 0 saturated carbocycles. The van der Waals surface area contributed by atoms with Gasteiger partial charge in [-0.1, -0.05) is 6.07 Å². The van der Waals surface area contributed by atoms with Gasteiger partial charge in [0, 0.05) is 58.8 Å². The van der Waals surface area contributed by atoms with E-state index in [0.29, 0.717) is 6.54 Å². The van der Waals surface area contributed by atoms with Gasteiger partial charge in [0.05, 0.1) is 6.54 Å². The van der Waals surface area contributed by atoms with Gasteiger partial charge in [-0.15, -0.1) is 0 Å². The van der Waals surface area contributed by atoms with Gasteiger partial charge in [-0.3, -0.25) is 14.8 Å². The highest BCUT2D eigenvalue weighted by atomic mass is 16.2. The maximum Gasteiger partial charge on any atom is 0.258 e. The molecule has 1 aliphatic heterocycles. The SMILES string of the molecule is Cc1cc2c(cc1Nc1ccncc1)CN(c1cccc(Nc3ccncc3)c1)C2=O. The molecular weight excluding hydrogens is 386 g/mol. The minimum Gasteiger partial charge on any atom is -0.355 e. The molecule has 3 heterocycles. The van der Waals surface area contributed by atoms with E-state index < -0.39 is 0 Å². The van der Waals surface area contributed by atoms with Crippen molar-refractivity contribution in [3.8, 4) is 0 Å². The van der Waals surface area contributed by atoms with E-state index in [2.05, 4.69) is 26.7 Å². The van der Waals surface area contributed by atoms with Gasteiger partial charge < -0.3 is 15.5 Å². The van der Waals surface area contributed by atoms with E-state index >= 15 is 0 Å². The molecule has 0 spiro atoms. The van der Waals surface area contributed by atoms with Crippen molar-refractivity contribution in [2.75, 3.05) is 15.5 Å². The third-order valence-electron chi connectivity index (χ3n) is 5.34. The first-order valence-electron chi connectivity index (χ1n) is 10.1. The summed E-state index contributed by atoms with van der Waals surface area (Å²) in [5.74, 6) is 0.0228. The Hall–Kier alpha value is -4.19. The first kappa shape index (κ1) is 18.8. The predicted octanol–water partition coefficient (Wildman–Crippen LogP) is 5.43. The maximum atomic E-state index is 13.2. The number of aromatic nitrogens is 2. The Kier molecular flexibility index (Phi) is 4.80. The lowest BCUT2D eigenvalue weighted by Gasteiger charge is -2.17. The zero-order valence-corrected chi connectivity index (χ0v) is 17.0. The topological polar surface area (TPSA) is 70.2 Å². The third kappa shape index (κ3) is 3.83. The molecule has 6 nitrogen and oxygen atoms in total. The number of carbonyl (C=O) groups is 1. The lowest BCUT2D eigenvalue weighted by atomic mass is 10.0. The van der Waals surface area contributed by atoms with Gasteiger partial charge in [0.2, 0.25) is 0 Å². The van der Waals surface area contributed by atoms with E-state index in [1.807, 2.05) is 66.4 Å². The number of pyridine rings is 2. The number of nitrogens with zero attached hydrogens (tertiary/aromatic N) is 3. The van der Waals surface area contributed by atoms with Gasteiger partial charge in [-0.2, -0.15) is 0 Å². The van der Waals surface area contributed by atoms with E-state index in [1.165, 1.54) is 0 Å². The van der Waals surface area contributed by atoms with Crippen LogP contribution in [0.25, 0.3) is 0 Å². The summed E-state index contributed by atoms with van der Waals surface area (Å²) in [4.78, 5) is 23.1. The quantitative estimate of drug-likeness (QED) is 0.461. The second-order valence-electron chi connectivity index (χ2n) is 7.49. The second kappa shape index (κ2) is 7.91. The standard InChI is InChI=1S/C25H21N5O/c1-17-13-23-18(14-24(17)29-20-7-11-27-12-8-20)16-30(25(23)31)22-4-2-3-21(15-22)28-19-5-9-26-10-6-19/h2-15H,16H2,1H3,(H,26,28)(H,27,29). The number of aryl methyl sites for hydroxylation is 1. The monoisotopic (exact) mass is 407 g/mol. The maximum absolute atomic E-state index is 13.2. The first-order chi connectivity index (χ1) is 15.2. The summed E-state index contributed by atoms with van der Waals surface area (Å²) >= 11 is 0. The van der Waals surface area contributed by atoms with E-state index in [0.717, 1.165) is 45.1 Å². The second-order valence-corrected chi connectivity index (χ2v) is 7.49. The van der Waals surface area contributed by atoms with Crippen molar-refractivity contribution in [3.63, 3.8) is 0 Å². The number of amides is 1. The summed E-state index contributed by atoms with van der Waals surface area (Å²) in [7, 11) is 0. The van der Waals surface area contributed by atoms with Gasteiger partial charge in [0.15, 0.2) is 0 Å². The number of hydrogen-bond donors (Lipinski definition) is 2. The van der Waals surface area contributed by atoms with E-state index in [1.54, 1.807) is 24.8 Å². The molecule has 2 aromatic heterocycles. The van der Waals surface area contributed by atoms with Crippen molar-refractivity contribution in [1.29, 1.82) is 0 Å². The molecule has 1 amide bonds. The van der Waals surface area contributed by atoms with Crippen molar-refractivity contribution in [1.82, 2.24) is 9.97 Å². The molecule has 0 aliphatic carbocycles. The van der Waals surface area contributed by atoms with Crippen molar-refractivity contribution in [3.05, 3.63) is 102 Å². The minimum atomic E-state index is 0.0228. The predicted molar refractivity (Wildman–Crippen MR) is 123 cm³/mol. The highest BCUT2D eigenvalue weighted by molar-refractivity contribution is 6.10. The third-order valence-corrected chi connectivity index (χ3v) is 5.34. The molecule has 152 valence electrons. The van der Waals surface area contributed by atoms with Crippen LogP contribution in [0.3, 0.4) is 0 Å². The molecule has 0 radical (unpaired) electrons. The number of nitrogens with one attached hydrogen (secondary N) is 2. The summed E-state index contributed by atoms with van der Waals surface area (Å²) in [6.45, 7) is 2.55. The normalized spacial score (nSPS) is 12.5. The summed E-state index contributed by atoms with van der Waals surface area (Å²) in [6, 6.07) is 19.6. The molecule has 31 heavy (non-hydrogen) atoms. The summed E-state index contributed by atoms with van der Waals surface area (Å²) < 4.78 is 0. The zero-order valence-electron chi connectivity index (χ0n) is 17.0. The number of rotatable bonds is 5. The van der Waals surface area contributed by atoms with Crippen LogP contribution in [0.1, 0.15) is 21.5 Å². The molecule has 4 aromatic rings. The summed E-state index contributed by atoms with van der Waals surface area (Å²) in [5, 5.41) is 6.78. The van der Waals surface area contributed by atoms with Crippen LogP contribution in [0.2, 0.25) is 0 Å². The Morgan fingerprint density at radius 1 is 0.806 bits per heavy atom. The van der Waals surface area contributed by atoms with Crippen molar-refractivity contribution in [2.45, 2.75) is 13.5 Å². The molecule has 0 fully saturated rings. The summed E-state index contributed by atoms with van der Waals surface area (Å²) in [5.41, 5.74) is 7.49. The number of anilines is 5. The van der Waals surface area contributed by atoms with Crippen molar-refractivity contribution in [2.24, 2.45) is 0 Å². The Balaban J connectivity index is 1.40. The van der Waals surface area contributed by atoms with Crippen LogP contribution >= 0.6 is 0 Å². The molecule has 2 N–H and O–H groups in total. The van der Waals surface area contributed by atoms with Gasteiger partial charge >= 0.3 is 0 Å². The molecule has 0 atom stereocenters. The lowest BCUT2D eigenvalue weighted by molar-refractivity contribution is 0.0996. The van der Waals surface area contributed by atoms with Gasteiger partial charge in [-0.25, -0.2) is 0 Å². The van der Waals surface area contributed by atoms with Crippen LogP contribution in [0.4, 0.5) is 28.4 Å². The van der Waals surface area contributed by atoms with Crippen LogP contribution in [0.15, 0.2) is 85.5 Å². The Bertz CT molecular complexity index is 1240. The number of fused-ring (bicyclic) bond motifs is 1.